The lowest BCUT2D eigenvalue weighted by atomic mass is 10.1. The van der Waals surface area contributed by atoms with E-state index in [1.807, 2.05) is 42.5 Å². The molecule has 0 unspecified atom stereocenters. The summed E-state index contributed by atoms with van der Waals surface area (Å²) in [4.78, 5) is 0. The zero-order chi connectivity index (χ0) is 33.2. The van der Waals surface area contributed by atoms with Gasteiger partial charge in [-0.05, 0) is 48.0 Å². The zero-order valence-electron chi connectivity index (χ0n) is 27.6. The van der Waals surface area contributed by atoms with Crippen molar-refractivity contribution in [1.29, 1.82) is 0 Å². The Morgan fingerprint density at radius 1 is 0.458 bits per heavy atom. The molecule has 0 saturated carbocycles. The summed E-state index contributed by atoms with van der Waals surface area (Å²) in [6.07, 6.45) is 0. The third-order valence-electron chi connectivity index (χ3n) is 7.39. The molecule has 0 fully saturated rings. The van der Waals surface area contributed by atoms with Crippen molar-refractivity contribution < 1.29 is 56.6 Å². The molecule has 1 N–H and O–H groups in total. The van der Waals surface area contributed by atoms with E-state index in [2.05, 4.69) is 6.07 Å². The first-order valence-electron chi connectivity index (χ1n) is 16.3. The van der Waals surface area contributed by atoms with Gasteiger partial charge >= 0.3 is 0 Å². The number of fused-ring (bicyclic) bond motifs is 6. The summed E-state index contributed by atoms with van der Waals surface area (Å²) in [5.74, 6) is 0.742. The van der Waals surface area contributed by atoms with Crippen LogP contribution in [0.15, 0.2) is 57.4 Å². The van der Waals surface area contributed by atoms with E-state index in [0.29, 0.717) is 106 Å². The van der Waals surface area contributed by atoms with Crippen molar-refractivity contribution in [3.63, 3.8) is 0 Å². The maximum absolute atomic E-state index is 8.67. The van der Waals surface area contributed by atoms with Gasteiger partial charge in [-0.2, -0.15) is 0 Å². The molecule has 0 bridgehead atoms. The lowest BCUT2D eigenvalue weighted by molar-refractivity contribution is -0.00742. The number of benzene rings is 3. The second kappa shape index (κ2) is 20.3. The van der Waals surface area contributed by atoms with Crippen LogP contribution < -0.4 is 4.74 Å². The third-order valence-corrected chi connectivity index (χ3v) is 7.39. The first-order valence-corrected chi connectivity index (χ1v) is 16.3. The van der Waals surface area contributed by atoms with Crippen LogP contribution in [-0.2, 0) is 44.5 Å². The Kier molecular flexibility index (Phi) is 15.2. The number of hydrogen-bond donors (Lipinski definition) is 1. The Balaban J connectivity index is 1.07. The van der Waals surface area contributed by atoms with E-state index in [1.54, 1.807) is 7.11 Å². The van der Waals surface area contributed by atoms with Crippen LogP contribution in [0.25, 0.3) is 43.9 Å². The van der Waals surface area contributed by atoms with Crippen LogP contribution in [0.3, 0.4) is 0 Å². The molecule has 0 atom stereocenters. The summed E-state index contributed by atoms with van der Waals surface area (Å²) in [6, 6.07) is 16.0. The van der Waals surface area contributed by atoms with Crippen LogP contribution in [0.4, 0.5) is 0 Å². The molecule has 262 valence electrons. The average molecular weight is 671 g/mol. The van der Waals surface area contributed by atoms with E-state index < -0.39 is 0 Å². The summed E-state index contributed by atoms with van der Waals surface area (Å²) in [6.45, 7) is 7.77. The van der Waals surface area contributed by atoms with Crippen molar-refractivity contribution in [2.24, 2.45) is 0 Å². The Morgan fingerprint density at radius 2 is 0.917 bits per heavy atom. The summed E-state index contributed by atoms with van der Waals surface area (Å²) in [5.41, 5.74) is 4.20. The molecule has 12 nitrogen and oxygen atoms in total. The molecule has 12 heteroatoms. The standard InChI is InChI=1S/C36H46O12/c1-38-8-9-40-12-13-42-16-17-44-20-21-46-28-3-5-34-30(23-28)32-25-35-31(24-36(32)48-34)29-22-27(2-4-33(29)47-35)26-45-19-18-43-15-14-41-11-10-39-7-6-37/h2-5,22-25,37H,6-21,26H2,1H3. The Hall–Kier alpha value is -3.30. The van der Waals surface area contributed by atoms with Gasteiger partial charge in [-0.25, -0.2) is 0 Å². The van der Waals surface area contributed by atoms with Gasteiger partial charge in [-0.3, -0.25) is 0 Å². The molecular weight excluding hydrogens is 624 g/mol. The highest BCUT2D eigenvalue weighted by Crippen LogP contribution is 2.38. The van der Waals surface area contributed by atoms with Crippen LogP contribution in [0.1, 0.15) is 5.56 Å². The van der Waals surface area contributed by atoms with Gasteiger partial charge in [-0.1, -0.05) is 6.07 Å². The van der Waals surface area contributed by atoms with Crippen molar-refractivity contribution in [2.45, 2.75) is 6.61 Å². The van der Waals surface area contributed by atoms with E-state index in [1.165, 1.54) is 0 Å². The molecule has 3 aromatic carbocycles. The molecular formula is C36H46O12. The minimum absolute atomic E-state index is 0.0178. The summed E-state index contributed by atoms with van der Waals surface area (Å²) in [5, 5.41) is 12.6. The summed E-state index contributed by atoms with van der Waals surface area (Å²) < 4.78 is 61.7. The molecule has 2 heterocycles. The molecule has 5 rings (SSSR count). The van der Waals surface area contributed by atoms with Gasteiger partial charge in [0.25, 0.3) is 0 Å². The number of ether oxygens (including phenoxy) is 9. The minimum Gasteiger partial charge on any atom is -0.491 e. The Morgan fingerprint density at radius 3 is 1.48 bits per heavy atom. The number of hydrogen-bond acceptors (Lipinski definition) is 12. The van der Waals surface area contributed by atoms with Gasteiger partial charge in [0, 0.05) is 28.7 Å². The fourth-order valence-corrected chi connectivity index (χ4v) is 5.07. The maximum atomic E-state index is 8.67. The van der Waals surface area contributed by atoms with E-state index in [9.17, 15) is 0 Å². The number of aliphatic hydroxyl groups excluding tert-OH is 1. The smallest absolute Gasteiger partial charge is 0.136 e. The monoisotopic (exact) mass is 670 g/mol. The lowest BCUT2D eigenvalue weighted by Gasteiger charge is -2.08. The van der Waals surface area contributed by atoms with Crippen molar-refractivity contribution >= 4 is 43.9 Å². The molecule has 5 aromatic rings. The number of furan rings is 2. The van der Waals surface area contributed by atoms with Gasteiger partial charge in [-0.15, -0.1) is 0 Å². The molecule has 0 aliphatic heterocycles. The SMILES string of the molecule is COCCOCCOCCOCCOc1ccc2oc3cc4c(cc3c2c1)oc1ccc(COCCOCCOCCOCCO)cc14. The van der Waals surface area contributed by atoms with Crippen LogP contribution >= 0.6 is 0 Å². The van der Waals surface area contributed by atoms with Crippen molar-refractivity contribution in [3.05, 3.63) is 54.1 Å². The van der Waals surface area contributed by atoms with Crippen LogP contribution in [0.2, 0.25) is 0 Å². The second-order valence-electron chi connectivity index (χ2n) is 10.8. The number of aliphatic hydroxyl groups is 1. The highest BCUT2D eigenvalue weighted by molar-refractivity contribution is 6.14. The van der Waals surface area contributed by atoms with E-state index >= 15 is 0 Å². The molecule has 0 spiro atoms. The third kappa shape index (κ3) is 10.9. The number of methoxy groups -OCH3 is 1. The fraction of sp³-hybridized carbons (Fsp3) is 0.500. The van der Waals surface area contributed by atoms with Crippen molar-refractivity contribution in [2.75, 3.05) is 113 Å². The molecule has 48 heavy (non-hydrogen) atoms. The normalized spacial score (nSPS) is 12.0. The predicted molar refractivity (Wildman–Crippen MR) is 180 cm³/mol. The quantitative estimate of drug-likeness (QED) is 0.0784. The summed E-state index contributed by atoms with van der Waals surface area (Å²) in [7, 11) is 1.65. The van der Waals surface area contributed by atoms with Crippen LogP contribution in [-0.4, -0.2) is 118 Å². The lowest BCUT2D eigenvalue weighted by Crippen LogP contribution is -2.13. The zero-order valence-corrected chi connectivity index (χ0v) is 27.6. The van der Waals surface area contributed by atoms with Crippen molar-refractivity contribution in [1.82, 2.24) is 0 Å². The Labute approximate surface area is 279 Å². The van der Waals surface area contributed by atoms with Gasteiger partial charge in [0.15, 0.2) is 0 Å². The maximum Gasteiger partial charge on any atom is 0.136 e. The van der Waals surface area contributed by atoms with Crippen LogP contribution in [0, 0.1) is 0 Å². The molecule has 0 amide bonds. The summed E-state index contributed by atoms with van der Waals surface area (Å²) >= 11 is 0. The van der Waals surface area contributed by atoms with E-state index in [-0.39, 0.29) is 6.61 Å². The van der Waals surface area contributed by atoms with E-state index in [0.717, 1.165) is 55.2 Å². The first-order chi connectivity index (χ1) is 23.8. The van der Waals surface area contributed by atoms with Crippen LogP contribution in [0.5, 0.6) is 5.75 Å². The second-order valence-corrected chi connectivity index (χ2v) is 10.8. The van der Waals surface area contributed by atoms with Gasteiger partial charge in [0.1, 0.15) is 34.7 Å². The molecule has 0 aliphatic rings. The fourth-order valence-electron chi connectivity index (χ4n) is 5.07. The number of rotatable bonds is 26. The predicted octanol–water partition coefficient (Wildman–Crippen LogP) is 5.12. The highest BCUT2D eigenvalue weighted by atomic mass is 16.6. The molecule has 0 saturated heterocycles. The van der Waals surface area contributed by atoms with E-state index in [4.69, 9.17) is 56.6 Å². The van der Waals surface area contributed by atoms with Crippen molar-refractivity contribution in [3.8, 4) is 5.75 Å². The minimum atomic E-state index is 0.0178. The molecule has 2 aromatic heterocycles. The largest absolute Gasteiger partial charge is 0.491 e. The molecule has 0 radical (unpaired) electrons. The van der Waals surface area contributed by atoms with Gasteiger partial charge in [0.05, 0.1) is 106 Å². The average Bonchev–Trinajstić information content (AvgIpc) is 3.64. The topological polar surface area (TPSA) is 130 Å². The molecule has 0 aliphatic carbocycles. The van der Waals surface area contributed by atoms with Gasteiger partial charge < -0.3 is 56.6 Å². The highest BCUT2D eigenvalue weighted by Gasteiger charge is 2.14. The Bertz CT molecular complexity index is 1520. The first kappa shape index (κ1) is 36.0. The van der Waals surface area contributed by atoms with Gasteiger partial charge in [0.2, 0.25) is 0 Å².